The van der Waals surface area contributed by atoms with Crippen LogP contribution in [0, 0.1) is 0 Å². The molecule has 0 spiro atoms. The van der Waals surface area contributed by atoms with Crippen LogP contribution in [0.4, 0.5) is 0 Å². The van der Waals surface area contributed by atoms with Gasteiger partial charge < -0.3 is 10.0 Å². The maximum Gasteiger partial charge on any atom is 0.242 e. The summed E-state index contributed by atoms with van der Waals surface area (Å²) >= 11 is 0. The average Bonchev–Trinajstić information content (AvgIpc) is 2.28. The summed E-state index contributed by atoms with van der Waals surface area (Å²) in [5, 5.41) is 9.47. The van der Waals surface area contributed by atoms with Crippen LogP contribution < -0.4 is 0 Å². The molecule has 1 fully saturated rings. The smallest absolute Gasteiger partial charge is 0.242 e. The van der Waals surface area contributed by atoms with Gasteiger partial charge in [0, 0.05) is 25.2 Å². The summed E-state index contributed by atoms with van der Waals surface area (Å²) in [7, 11) is 1.81. The Kier molecular flexibility index (Phi) is 3.97. The Hall–Kier alpha value is -0.610. The van der Waals surface area contributed by atoms with Crippen LogP contribution in [0.5, 0.6) is 0 Å². The second-order valence-corrected chi connectivity index (χ2v) is 5.67. The Morgan fingerprint density at radius 2 is 2.00 bits per heavy atom. The van der Waals surface area contributed by atoms with E-state index in [1.807, 2.05) is 7.05 Å². The molecule has 4 heteroatoms. The van der Waals surface area contributed by atoms with Crippen molar-refractivity contribution in [3.63, 3.8) is 0 Å². The maximum atomic E-state index is 12.1. The van der Waals surface area contributed by atoms with Crippen LogP contribution in [-0.2, 0) is 4.79 Å². The van der Waals surface area contributed by atoms with Crippen LogP contribution in [0.25, 0.3) is 0 Å². The van der Waals surface area contributed by atoms with Crippen molar-refractivity contribution in [2.45, 2.75) is 51.7 Å². The van der Waals surface area contributed by atoms with Gasteiger partial charge in [0.25, 0.3) is 0 Å². The molecule has 0 radical (unpaired) electrons. The lowest BCUT2D eigenvalue weighted by molar-refractivity contribution is -0.138. The predicted molar refractivity (Wildman–Crippen MR) is 64.2 cm³/mol. The quantitative estimate of drug-likeness (QED) is 0.718. The summed E-state index contributed by atoms with van der Waals surface area (Å²) in [6.45, 7) is 9.05. The highest BCUT2D eigenvalue weighted by atomic mass is 16.3. The molecule has 1 N–H and O–H groups in total. The van der Waals surface area contributed by atoms with Gasteiger partial charge in [-0.2, -0.15) is 0 Å². The lowest BCUT2D eigenvalue weighted by atomic mass is 9.99. The summed E-state index contributed by atoms with van der Waals surface area (Å²) < 4.78 is 0. The van der Waals surface area contributed by atoms with Crippen molar-refractivity contribution in [1.29, 1.82) is 0 Å². The molecule has 1 rings (SSSR count). The zero-order chi connectivity index (χ0) is 12.5. The monoisotopic (exact) mass is 228 g/mol. The van der Waals surface area contributed by atoms with E-state index in [1.165, 1.54) is 0 Å². The molecule has 1 aliphatic rings. The predicted octanol–water partition coefficient (Wildman–Crippen LogP) is 0.698. The third-order valence-electron chi connectivity index (χ3n) is 3.30. The van der Waals surface area contributed by atoms with Crippen LogP contribution in [0.3, 0.4) is 0 Å². The van der Waals surface area contributed by atoms with Crippen molar-refractivity contribution in [1.82, 2.24) is 9.80 Å². The first-order chi connectivity index (χ1) is 7.29. The van der Waals surface area contributed by atoms with Crippen LogP contribution in [0.2, 0.25) is 0 Å². The Balaban J connectivity index is 3.04. The van der Waals surface area contributed by atoms with Gasteiger partial charge in [-0.3, -0.25) is 9.69 Å². The van der Waals surface area contributed by atoms with E-state index in [0.29, 0.717) is 6.04 Å². The summed E-state index contributed by atoms with van der Waals surface area (Å²) in [6.07, 6.45) is 0.954. The normalized spacial score (nSPS) is 29.4. The largest absolute Gasteiger partial charge is 0.394 e. The van der Waals surface area contributed by atoms with Crippen molar-refractivity contribution in [3.05, 3.63) is 0 Å². The summed E-state index contributed by atoms with van der Waals surface area (Å²) in [6, 6.07) is -0.0893. The minimum atomic E-state index is -0.400. The van der Waals surface area contributed by atoms with Gasteiger partial charge in [-0.25, -0.2) is 0 Å². The number of carbonyl (C=O) groups is 1. The average molecular weight is 228 g/mol. The molecule has 1 heterocycles. The van der Waals surface area contributed by atoms with Crippen LogP contribution in [0.1, 0.15) is 34.1 Å². The number of carbonyl (C=O) groups excluding carboxylic acids is 1. The standard InChI is InChI=1S/C12H24N2O2/c1-9-6-7-13(5)11(16)10(8-15)14(9)12(2,3)4/h9-10,15H,6-8H2,1-5H3. The Labute approximate surface area is 98.2 Å². The molecule has 2 unspecified atom stereocenters. The number of aliphatic hydroxyl groups excluding tert-OH is 1. The van der Waals surface area contributed by atoms with Gasteiger partial charge in [0.15, 0.2) is 0 Å². The first-order valence-electron chi connectivity index (χ1n) is 5.93. The molecule has 1 saturated heterocycles. The molecule has 0 bridgehead atoms. The van der Waals surface area contributed by atoms with Crippen LogP contribution in [0.15, 0.2) is 0 Å². The molecular weight excluding hydrogens is 204 g/mol. The second kappa shape index (κ2) is 4.72. The van der Waals surface area contributed by atoms with E-state index >= 15 is 0 Å². The molecule has 0 aromatic rings. The molecule has 16 heavy (non-hydrogen) atoms. The van der Waals surface area contributed by atoms with Crippen molar-refractivity contribution in [2.75, 3.05) is 20.2 Å². The highest BCUT2D eigenvalue weighted by Gasteiger charge is 2.39. The molecule has 2 atom stereocenters. The summed E-state index contributed by atoms with van der Waals surface area (Å²) in [4.78, 5) is 16.0. The maximum absolute atomic E-state index is 12.1. The number of hydrogen-bond donors (Lipinski definition) is 1. The molecule has 1 amide bonds. The summed E-state index contributed by atoms with van der Waals surface area (Å²) in [5.74, 6) is 0.0294. The Bertz CT molecular complexity index is 260. The van der Waals surface area contributed by atoms with E-state index in [4.69, 9.17) is 0 Å². The molecule has 1 aliphatic heterocycles. The number of rotatable bonds is 1. The molecule has 0 aromatic heterocycles. The number of amides is 1. The van der Waals surface area contributed by atoms with Gasteiger partial charge in [-0.1, -0.05) is 0 Å². The van der Waals surface area contributed by atoms with Gasteiger partial charge in [0.05, 0.1) is 6.61 Å². The first-order valence-corrected chi connectivity index (χ1v) is 5.93. The fourth-order valence-corrected chi connectivity index (χ4v) is 2.61. The molecule has 0 aliphatic carbocycles. The number of likely N-dealkylation sites (N-methyl/N-ethyl adjacent to an activating group) is 1. The molecular formula is C12H24N2O2. The van der Waals surface area contributed by atoms with E-state index in [2.05, 4.69) is 32.6 Å². The Morgan fingerprint density at radius 1 is 1.44 bits per heavy atom. The number of nitrogens with zero attached hydrogens (tertiary/aromatic N) is 2. The fourth-order valence-electron chi connectivity index (χ4n) is 2.61. The zero-order valence-electron chi connectivity index (χ0n) is 11.0. The van der Waals surface area contributed by atoms with Gasteiger partial charge >= 0.3 is 0 Å². The third kappa shape index (κ3) is 2.55. The highest BCUT2D eigenvalue weighted by Crippen LogP contribution is 2.25. The summed E-state index contributed by atoms with van der Waals surface area (Å²) in [5.41, 5.74) is -0.104. The van der Waals surface area contributed by atoms with E-state index in [1.54, 1.807) is 4.90 Å². The van der Waals surface area contributed by atoms with Crippen molar-refractivity contribution < 1.29 is 9.90 Å². The van der Waals surface area contributed by atoms with Gasteiger partial charge in [0.2, 0.25) is 5.91 Å². The molecule has 4 nitrogen and oxygen atoms in total. The van der Waals surface area contributed by atoms with Gasteiger partial charge in [-0.15, -0.1) is 0 Å². The van der Waals surface area contributed by atoms with Crippen molar-refractivity contribution in [2.24, 2.45) is 0 Å². The second-order valence-electron chi connectivity index (χ2n) is 5.67. The highest BCUT2D eigenvalue weighted by molar-refractivity contribution is 5.82. The van der Waals surface area contributed by atoms with E-state index < -0.39 is 6.04 Å². The van der Waals surface area contributed by atoms with E-state index in [9.17, 15) is 9.90 Å². The van der Waals surface area contributed by atoms with E-state index in [0.717, 1.165) is 13.0 Å². The van der Waals surface area contributed by atoms with Crippen molar-refractivity contribution in [3.8, 4) is 0 Å². The minimum absolute atomic E-state index is 0.0294. The fraction of sp³-hybridized carbons (Fsp3) is 0.917. The van der Waals surface area contributed by atoms with Crippen LogP contribution >= 0.6 is 0 Å². The van der Waals surface area contributed by atoms with Gasteiger partial charge in [-0.05, 0) is 34.1 Å². The first kappa shape index (κ1) is 13.5. The van der Waals surface area contributed by atoms with E-state index in [-0.39, 0.29) is 18.1 Å². The number of hydrogen-bond acceptors (Lipinski definition) is 3. The van der Waals surface area contributed by atoms with Crippen molar-refractivity contribution >= 4 is 5.91 Å². The van der Waals surface area contributed by atoms with Gasteiger partial charge in [0.1, 0.15) is 6.04 Å². The zero-order valence-corrected chi connectivity index (χ0v) is 11.0. The van der Waals surface area contributed by atoms with Crippen LogP contribution in [-0.4, -0.2) is 58.6 Å². The lowest BCUT2D eigenvalue weighted by Gasteiger charge is -2.42. The molecule has 94 valence electrons. The molecule has 0 aromatic carbocycles. The lowest BCUT2D eigenvalue weighted by Crippen LogP contribution is -2.57. The third-order valence-corrected chi connectivity index (χ3v) is 3.30. The Morgan fingerprint density at radius 3 is 2.44 bits per heavy atom. The molecule has 0 saturated carbocycles. The SMILES string of the molecule is CC1CCN(C)C(=O)C(CO)N1C(C)(C)C. The topological polar surface area (TPSA) is 43.8 Å². The number of aliphatic hydroxyl groups is 1. The minimum Gasteiger partial charge on any atom is -0.394 e.